The van der Waals surface area contributed by atoms with Gasteiger partial charge in [-0.3, -0.25) is 0 Å². The molecule has 6 nitrogen and oxygen atoms in total. The van der Waals surface area contributed by atoms with Gasteiger partial charge in [0.15, 0.2) is 11.5 Å². The first-order valence-electron chi connectivity index (χ1n) is 4.06. The minimum absolute atomic E-state index is 0.403. The quantitative estimate of drug-likeness (QED) is 0.734. The minimum atomic E-state index is 0.403. The Balaban J connectivity index is 2.42. The van der Waals surface area contributed by atoms with E-state index in [1.807, 2.05) is 4.57 Å². The van der Waals surface area contributed by atoms with E-state index in [9.17, 15) is 0 Å². The second-order valence-electron chi connectivity index (χ2n) is 2.74. The van der Waals surface area contributed by atoms with Crippen molar-refractivity contribution >= 4 is 26.4 Å². The summed E-state index contributed by atoms with van der Waals surface area (Å²) >= 11 is 0. The molecule has 0 saturated carbocycles. The molecule has 2 N–H and O–H groups in total. The molecule has 2 rings (SSSR count). The lowest BCUT2D eigenvalue weighted by molar-refractivity contribution is 0.348. The van der Waals surface area contributed by atoms with Gasteiger partial charge in [-0.2, -0.15) is 0 Å². The van der Waals surface area contributed by atoms with Gasteiger partial charge in [0.2, 0.25) is 0 Å². The first kappa shape index (κ1) is 9.30. The second kappa shape index (κ2) is 3.86. The Hall–Kier alpha value is -1.26. The lowest BCUT2D eigenvalue weighted by Crippen LogP contribution is -2.02. The van der Waals surface area contributed by atoms with Gasteiger partial charge in [0.05, 0.1) is 12.9 Å². The smallest absolute Gasteiger partial charge is 0.165 e. The molecule has 0 aliphatic heterocycles. The molecule has 0 fully saturated rings. The standard InChI is InChI=1S/C7H10N5OP/c8-6-5-7(10-3-9-6)12(4-11-5)1-2-13-14/h3-4H,1-2,14H2,(H2,8,9,10). The van der Waals surface area contributed by atoms with E-state index < -0.39 is 0 Å². The molecule has 2 aromatic heterocycles. The minimum Gasteiger partial charge on any atom is -0.382 e. The van der Waals surface area contributed by atoms with Crippen molar-refractivity contribution in [3.8, 4) is 0 Å². The molecular weight excluding hydrogens is 201 g/mol. The highest BCUT2D eigenvalue weighted by molar-refractivity contribution is 7.09. The average molecular weight is 211 g/mol. The molecule has 2 heterocycles. The number of rotatable bonds is 3. The van der Waals surface area contributed by atoms with E-state index in [2.05, 4.69) is 24.4 Å². The van der Waals surface area contributed by atoms with E-state index in [1.165, 1.54) is 6.33 Å². The van der Waals surface area contributed by atoms with Gasteiger partial charge < -0.3 is 14.8 Å². The van der Waals surface area contributed by atoms with E-state index in [4.69, 9.17) is 10.3 Å². The molecule has 0 amide bonds. The molecule has 0 bridgehead atoms. The van der Waals surface area contributed by atoms with Crippen molar-refractivity contribution in [2.45, 2.75) is 6.54 Å². The van der Waals surface area contributed by atoms with Crippen LogP contribution in [0.25, 0.3) is 11.2 Å². The van der Waals surface area contributed by atoms with Crippen molar-refractivity contribution in [3.05, 3.63) is 12.7 Å². The van der Waals surface area contributed by atoms with Crippen LogP contribution >= 0.6 is 9.47 Å². The van der Waals surface area contributed by atoms with Gasteiger partial charge in [-0.1, -0.05) is 0 Å². The molecule has 14 heavy (non-hydrogen) atoms. The number of hydrogen-bond donors (Lipinski definition) is 1. The van der Waals surface area contributed by atoms with Crippen LogP contribution < -0.4 is 5.73 Å². The van der Waals surface area contributed by atoms with Gasteiger partial charge in [0.1, 0.15) is 11.8 Å². The van der Waals surface area contributed by atoms with Gasteiger partial charge >= 0.3 is 0 Å². The molecule has 74 valence electrons. The van der Waals surface area contributed by atoms with E-state index >= 15 is 0 Å². The van der Waals surface area contributed by atoms with E-state index in [-0.39, 0.29) is 0 Å². The maximum Gasteiger partial charge on any atom is 0.165 e. The zero-order chi connectivity index (χ0) is 9.97. The third kappa shape index (κ3) is 1.54. The van der Waals surface area contributed by atoms with Crippen LogP contribution in [0, 0.1) is 0 Å². The molecule has 0 aromatic carbocycles. The van der Waals surface area contributed by atoms with Crippen molar-refractivity contribution in [2.75, 3.05) is 12.3 Å². The Kier molecular flexibility index (Phi) is 2.56. The summed E-state index contributed by atoms with van der Waals surface area (Å²) in [5.41, 5.74) is 7.01. The number of nitrogens with zero attached hydrogens (tertiary/aromatic N) is 4. The van der Waals surface area contributed by atoms with E-state index in [0.717, 1.165) is 5.65 Å². The number of aromatic nitrogens is 4. The number of imidazole rings is 1. The van der Waals surface area contributed by atoms with Crippen LogP contribution in [0.2, 0.25) is 0 Å². The van der Waals surface area contributed by atoms with Crippen molar-refractivity contribution in [1.82, 2.24) is 19.5 Å². The first-order chi connectivity index (χ1) is 6.83. The fourth-order valence-electron chi connectivity index (χ4n) is 1.21. The zero-order valence-corrected chi connectivity index (χ0v) is 8.58. The first-order valence-corrected chi connectivity index (χ1v) is 4.53. The van der Waals surface area contributed by atoms with Crippen molar-refractivity contribution in [1.29, 1.82) is 0 Å². The Labute approximate surface area is 82.8 Å². The van der Waals surface area contributed by atoms with Crippen LogP contribution in [0.15, 0.2) is 12.7 Å². The number of anilines is 1. The summed E-state index contributed by atoms with van der Waals surface area (Å²) in [5, 5.41) is 0. The predicted molar refractivity (Wildman–Crippen MR) is 55.4 cm³/mol. The van der Waals surface area contributed by atoms with Gasteiger partial charge in [0, 0.05) is 16.0 Å². The normalized spacial score (nSPS) is 10.9. The molecule has 1 atom stereocenters. The molecule has 0 aliphatic rings. The third-order valence-corrected chi connectivity index (χ3v) is 2.12. The number of nitrogen functional groups attached to an aromatic ring is 1. The van der Waals surface area contributed by atoms with Crippen molar-refractivity contribution in [3.63, 3.8) is 0 Å². The Morgan fingerprint density at radius 2 is 2.29 bits per heavy atom. The van der Waals surface area contributed by atoms with Crippen LogP contribution in [-0.4, -0.2) is 26.1 Å². The summed E-state index contributed by atoms with van der Waals surface area (Å²) < 4.78 is 6.76. The monoisotopic (exact) mass is 211 g/mol. The maximum atomic E-state index is 5.64. The largest absolute Gasteiger partial charge is 0.382 e. The highest BCUT2D eigenvalue weighted by Crippen LogP contribution is 2.13. The topological polar surface area (TPSA) is 78.9 Å². The summed E-state index contributed by atoms with van der Waals surface area (Å²) in [7, 11) is 2.20. The van der Waals surface area contributed by atoms with Crippen LogP contribution in [0.3, 0.4) is 0 Å². The van der Waals surface area contributed by atoms with E-state index in [1.54, 1.807) is 6.33 Å². The SMILES string of the molecule is Nc1ncnc2c1ncn2CCOP. The molecule has 7 heteroatoms. The summed E-state index contributed by atoms with van der Waals surface area (Å²) in [4.78, 5) is 12.1. The number of nitrogens with two attached hydrogens (primary N) is 1. The molecule has 1 unspecified atom stereocenters. The molecule has 0 saturated heterocycles. The second-order valence-corrected chi connectivity index (χ2v) is 3.07. The molecular formula is C7H10N5OP. The van der Waals surface area contributed by atoms with E-state index in [0.29, 0.717) is 24.5 Å². The zero-order valence-electron chi connectivity index (χ0n) is 7.42. The van der Waals surface area contributed by atoms with Crippen LogP contribution in [-0.2, 0) is 11.1 Å². The van der Waals surface area contributed by atoms with Crippen molar-refractivity contribution in [2.24, 2.45) is 0 Å². The van der Waals surface area contributed by atoms with Gasteiger partial charge in [-0.25, -0.2) is 15.0 Å². The fourth-order valence-corrected chi connectivity index (χ4v) is 1.32. The van der Waals surface area contributed by atoms with Gasteiger partial charge in [-0.15, -0.1) is 0 Å². The fraction of sp³-hybridized carbons (Fsp3) is 0.286. The van der Waals surface area contributed by atoms with Crippen LogP contribution in [0.4, 0.5) is 5.82 Å². The maximum absolute atomic E-state index is 5.64. The summed E-state index contributed by atoms with van der Waals surface area (Å²) in [6.45, 7) is 1.27. The molecule has 0 spiro atoms. The summed E-state index contributed by atoms with van der Waals surface area (Å²) in [5.74, 6) is 0.403. The molecule has 0 radical (unpaired) electrons. The van der Waals surface area contributed by atoms with Crippen LogP contribution in [0.5, 0.6) is 0 Å². The number of hydrogen-bond acceptors (Lipinski definition) is 5. The predicted octanol–water partition coefficient (Wildman–Crippen LogP) is 0.215. The lowest BCUT2D eigenvalue weighted by atomic mass is 10.5. The third-order valence-electron chi connectivity index (χ3n) is 1.88. The Bertz CT molecular complexity index is 443. The van der Waals surface area contributed by atoms with Crippen molar-refractivity contribution < 1.29 is 4.52 Å². The Morgan fingerprint density at radius 1 is 1.43 bits per heavy atom. The summed E-state index contributed by atoms with van der Waals surface area (Å²) in [6.07, 6.45) is 3.11. The lowest BCUT2D eigenvalue weighted by Gasteiger charge is -2.01. The highest BCUT2D eigenvalue weighted by Gasteiger charge is 2.06. The highest BCUT2D eigenvalue weighted by atomic mass is 31.0. The van der Waals surface area contributed by atoms with Gasteiger partial charge in [0.25, 0.3) is 0 Å². The van der Waals surface area contributed by atoms with Gasteiger partial charge in [-0.05, 0) is 0 Å². The Morgan fingerprint density at radius 3 is 3.07 bits per heavy atom. The summed E-state index contributed by atoms with van der Waals surface area (Å²) in [6, 6.07) is 0. The molecule has 2 aromatic rings. The number of fused-ring (bicyclic) bond motifs is 1. The molecule has 0 aliphatic carbocycles. The average Bonchev–Trinajstić information content (AvgIpc) is 2.60. The van der Waals surface area contributed by atoms with Crippen LogP contribution in [0.1, 0.15) is 0 Å².